The average molecular weight is 422 g/mol. The lowest BCUT2D eigenvalue weighted by Crippen LogP contribution is -2.08. The molecule has 0 unspecified atom stereocenters. The summed E-state index contributed by atoms with van der Waals surface area (Å²) < 4.78 is 15.9. The molecule has 30 heavy (non-hydrogen) atoms. The molecule has 0 aliphatic carbocycles. The number of thioether (sulfide) groups is 1. The SMILES string of the molecule is COc1ccc(-c2nc(CSc3nc(-c4ccccc4)cc(=O)[nH]3)no2)cc1OC. The summed E-state index contributed by atoms with van der Waals surface area (Å²) in [7, 11) is 3.14. The van der Waals surface area contributed by atoms with Gasteiger partial charge in [-0.15, -0.1) is 0 Å². The van der Waals surface area contributed by atoms with Gasteiger partial charge in [-0.3, -0.25) is 4.79 Å². The Morgan fingerprint density at radius 2 is 1.77 bits per heavy atom. The molecule has 0 radical (unpaired) electrons. The van der Waals surface area contributed by atoms with E-state index in [1.165, 1.54) is 17.8 Å². The lowest BCUT2D eigenvalue weighted by atomic mass is 10.1. The predicted molar refractivity (Wildman–Crippen MR) is 113 cm³/mol. The quantitative estimate of drug-likeness (QED) is 0.354. The second kappa shape index (κ2) is 8.83. The van der Waals surface area contributed by atoms with E-state index in [0.717, 1.165) is 5.56 Å². The molecule has 2 heterocycles. The number of ether oxygens (including phenoxy) is 2. The highest BCUT2D eigenvalue weighted by Gasteiger charge is 2.13. The monoisotopic (exact) mass is 422 g/mol. The van der Waals surface area contributed by atoms with Gasteiger partial charge in [0.1, 0.15) is 0 Å². The van der Waals surface area contributed by atoms with Crippen molar-refractivity contribution in [2.75, 3.05) is 14.2 Å². The summed E-state index contributed by atoms with van der Waals surface area (Å²) in [5, 5.41) is 4.49. The van der Waals surface area contributed by atoms with E-state index in [1.807, 2.05) is 36.4 Å². The molecule has 152 valence electrons. The third kappa shape index (κ3) is 4.36. The van der Waals surface area contributed by atoms with Gasteiger partial charge in [0, 0.05) is 17.2 Å². The minimum absolute atomic E-state index is 0.217. The number of aromatic nitrogens is 4. The highest BCUT2D eigenvalue weighted by Crippen LogP contribution is 2.32. The fraction of sp³-hybridized carbons (Fsp3) is 0.143. The molecule has 0 aliphatic heterocycles. The molecule has 0 bridgehead atoms. The molecule has 4 rings (SSSR count). The van der Waals surface area contributed by atoms with E-state index < -0.39 is 0 Å². The zero-order chi connectivity index (χ0) is 20.9. The van der Waals surface area contributed by atoms with E-state index in [4.69, 9.17) is 14.0 Å². The first kappa shape index (κ1) is 19.7. The molecule has 0 spiro atoms. The van der Waals surface area contributed by atoms with Crippen LogP contribution in [0, 0.1) is 0 Å². The Kier molecular flexibility index (Phi) is 5.80. The number of aromatic amines is 1. The molecule has 0 aliphatic rings. The Labute approximate surface area is 176 Å². The average Bonchev–Trinajstić information content (AvgIpc) is 3.26. The first-order valence-electron chi connectivity index (χ1n) is 9.01. The minimum Gasteiger partial charge on any atom is -0.493 e. The van der Waals surface area contributed by atoms with Crippen molar-refractivity contribution in [3.63, 3.8) is 0 Å². The molecule has 0 atom stereocenters. The highest BCUT2D eigenvalue weighted by molar-refractivity contribution is 7.98. The summed E-state index contributed by atoms with van der Waals surface area (Å²) in [5.41, 5.74) is 1.99. The Balaban J connectivity index is 1.50. The van der Waals surface area contributed by atoms with Crippen molar-refractivity contribution >= 4 is 11.8 Å². The van der Waals surface area contributed by atoms with E-state index in [1.54, 1.807) is 26.4 Å². The third-order valence-corrected chi connectivity index (χ3v) is 5.10. The highest BCUT2D eigenvalue weighted by atomic mass is 32.2. The van der Waals surface area contributed by atoms with Crippen LogP contribution in [0.4, 0.5) is 0 Å². The van der Waals surface area contributed by atoms with Crippen molar-refractivity contribution in [2.45, 2.75) is 10.9 Å². The Morgan fingerprint density at radius 1 is 0.967 bits per heavy atom. The van der Waals surface area contributed by atoms with Crippen LogP contribution in [0.5, 0.6) is 11.5 Å². The maximum absolute atomic E-state index is 12.0. The number of hydrogen-bond acceptors (Lipinski definition) is 8. The molecule has 0 fully saturated rings. The molecular formula is C21H18N4O4S. The van der Waals surface area contributed by atoms with Gasteiger partial charge in [-0.2, -0.15) is 4.98 Å². The minimum atomic E-state index is -0.217. The van der Waals surface area contributed by atoms with Crippen molar-refractivity contribution in [3.05, 3.63) is 70.8 Å². The molecule has 1 N–H and O–H groups in total. The first-order valence-corrected chi connectivity index (χ1v) is 9.99. The van der Waals surface area contributed by atoms with Gasteiger partial charge in [0.05, 0.1) is 25.7 Å². The number of methoxy groups -OCH3 is 2. The van der Waals surface area contributed by atoms with Gasteiger partial charge < -0.3 is 19.0 Å². The fourth-order valence-corrected chi connectivity index (χ4v) is 3.51. The molecule has 4 aromatic rings. The van der Waals surface area contributed by atoms with Crippen molar-refractivity contribution in [1.29, 1.82) is 0 Å². The number of rotatable bonds is 7. The van der Waals surface area contributed by atoms with Crippen molar-refractivity contribution in [2.24, 2.45) is 0 Å². The summed E-state index contributed by atoms with van der Waals surface area (Å²) in [5.74, 6) is 2.43. The predicted octanol–water partition coefficient (Wildman–Crippen LogP) is 3.80. The Hall–Kier alpha value is -3.59. The van der Waals surface area contributed by atoms with Crippen LogP contribution < -0.4 is 15.0 Å². The maximum Gasteiger partial charge on any atom is 0.258 e. The van der Waals surface area contributed by atoms with Crippen LogP contribution >= 0.6 is 11.8 Å². The Bertz CT molecular complexity index is 1210. The van der Waals surface area contributed by atoms with Gasteiger partial charge in [-0.05, 0) is 18.2 Å². The zero-order valence-electron chi connectivity index (χ0n) is 16.3. The molecule has 2 aromatic carbocycles. The van der Waals surface area contributed by atoms with Crippen LogP contribution in [-0.2, 0) is 5.75 Å². The molecule has 0 saturated carbocycles. The molecular weight excluding hydrogens is 404 g/mol. The molecule has 9 heteroatoms. The summed E-state index contributed by atoms with van der Waals surface area (Å²) >= 11 is 1.32. The summed E-state index contributed by atoms with van der Waals surface area (Å²) in [6, 6.07) is 16.4. The van der Waals surface area contributed by atoms with E-state index >= 15 is 0 Å². The second-order valence-electron chi connectivity index (χ2n) is 6.18. The lowest BCUT2D eigenvalue weighted by molar-refractivity contribution is 0.355. The van der Waals surface area contributed by atoms with E-state index in [-0.39, 0.29) is 5.56 Å². The van der Waals surface area contributed by atoms with Gasteiger partial charge in [0.25, 0.3) is 11.4 Å². The van der Waals surface area contributed by atoms with Crippen LogP contribution in [0.3, 0.4) is 0 Å². The van der Waals surface area contributed by atoms with Crippen molar-refractivity contribution in [3.8, 4) is 34.2 Å². The summed E-state index contributed by atoms with van der Waals surface area (Å²) in [4.78, 5) is 23.7. The maximum atomic E-state index is 12.0. The van der Waals surface area contributed by atoms with Crippen LogP contribution in [0.1, 0.15) is 5.82 Å². The number of H-pyrrole nitrogens is 1. The number of nitrogens with zero attached hydrogens (tertiary/aromatic N) is 3. The van der Waals surface area contributed by atoms with Crippen molar-refractivity contribution in [1.82, 2.24) is 20.1 Å². The summed E-state index contributed by atoms with van der Waals surface area (Å²) in [6.07, 6.45) is 0. The molecule has 0 amide bonds. The van der Waals surface area contributed by atoms with Gasteiger partial charge in [0.2, 0.25) is 0 Å². The van der Waals surface area contributed by atoms with Crippen LogP contribution in [0.15, 0.2) is 69.1 Å². The standard InChI is InChI=1S/C21H18N4O4S/c1-27-16-9-8-14(10-17(16)28-2)20-23-18(25-29-20)12-30-21-22-15(11-19(26)24-21)13-6-4-3-5-7-13/h3-11H,12H2,1-2H3,(H,22,24,26). The topological polar surface area (TPSA) is 103 Å². The Morgan fingerprint density at radius 3 is 2.53 bits per heavy atom. The smallest absolute Gasteiger partial charge is 0.258 e. The lowest BCUT2D eigenvalue weighted by Gasteiger charge is -2.07. The van der Waals surface area contributed by atoms with Crippen LogP contribution in [0.2, 0.25) is 0 Å². The number of nitrogens with one attached hydrogen (secondary N) is 1. The fourth-order valence-electron chi connectivity index (χ4n) is 2.79. The van der Waals surface area contributed by atoms with Gasteiger partial charge >= 0.3 is 0 Å². The van der Waals surface area contributed by atoms with Gasteiger partial charge in [0.15, 0.2) is 22.5 Å². The molecule has 8 nitrogen and oxygen atoms in total. The largest absolute Gasteiger partial charge is 0.493 e. The van der Waals surface area contributed by atoms with Crippen molar-refractivity contribution < 1.29 is 14.0 Å². The number of benzene rings is 2. The van der Waals surface area contributed by atoms with E-state index in [9.17, 15) is 4.79 Å². The van der Waals surface area contributed by atoms with Gasteiger partial charge in [-0.25, -0.2) is 4.98 Å². The van der Waals surface area contributed by atoms with Crippen LogP contribution in [-0.4, -0.2) is 34.3 Å². The number of hydrogen-bond donors (Lipinski definition) is 1. The normalized spacial score (nSPS) is 10.7. The van der Waals surface area contributed by atoms with Crippen LogP contribution in [0.25, 0.3) is 22.7 Å². The zero-order valence-corrected chi connectivity index (χ0v) is 17.1. The van der Waals surface area contributed by atoms with Gasteiger partial charge in [-0.1, -0.05) is 47.3 Å². The molecule has 0 saturated heterocycles. The summed E-state index contributed by atoms with van der Waals surface area (Å²) in [6.45, 7) is 0. The third-order valence-electron chi connectivity index (χ3n) is 4.23. The second-order valence-corrected chi connectivity index (χ2v) is 7.14. The first-order chi connectivity index (χ1) is 14.7. The molecule has 2 aromatic heterocycles. The van der Waals surface area contributed by atoms with E-state index in [0.29, 0.717) is 45.4 Å². The van der Waals surface area contributed by atoms with E-state index in [2.05, 4.69) is 20.1 Å².